The second kappa shape index (κ2) is 13.3. The van der Waals surface area contributed by atoms with Gasteiger partial charge in [0.05, 0.1) is 0 Å². The quantitative estimate of drug-likeness (QED) is 0.140. The van der Waals surface area contributed by atoms with Crippen LogP contribution in [0, 0.1) is 11.7 Å². The lowest BCUT2D eigenvalue weighted by Crippen LogP contribution is -2.15. The van der Waals surface area contributed by atoms with Crippen molar-refractivity contribution in [1.29, 1.82) is 0 Å². The standard InChI is InChI=1S/C33H34FN2O5P/c34-29-9-4-8-26(20-29)25-14-12-24(13-15-25)22-35-32-17-16-27(19-28(32)18-23-6-2-1-3-7-23)33(37)36-30-10-5-11-31(21-30)41-42(38,39)40/h4-5,8-17,19-21,23,35H,1-3,6-7,18,22H2,(H,36,37)(H2,38,39,40). The zero-order chi connectivity index (χ0) is 29.5. The van der Waals surface area contributed by atoms with Crippen molar-refractivity contribution in [3.8, 4) is 16.9 Å². The van der Waals surface area contributed by atoms with Crippen molar-refractivity contribution in [2.75, 3.05) is 10.6 Å². The molecule has 1 aliphatic carbocycles. The van der Waals surface area contributed by atoms with E-state index in [0.717, 1.165) is 34.4 Å². The molecule has 4 aromatic carbocycles. The molecule has 9 heteroatoms. The number of carbonyl (C=O) groups is 1. The number of hydrogen-bond acceptors (Lipinski definition) is 4. The van der Waals surface area contributed by atoms with E-state index in [9.17, 15) is 13.8 Å². The summed E-state index contributed by atoms with van der Waals surface area (Å²) < 4.78 is 29.5. The maximum absolute atomic E-state index is 13.6. The Morgan fingerprint density at radius 1 is 0.881 bits per heavy atom. The van der Waals surface area contributed by atoms with E-state index in [-0.39, 0.29) is 17.5 Å². The van der Waals surface area contributed by atoms with Gasteiger partial charge < -0.3 is 15.2 Å². The summed E-state index contributed by atoms with van der Waals surface area (Å²) in [6.07, 6.45) is 6.91. The zero-order valence-corrected chi connectivity index (χ0v) is 24.0. The molecule has 1 aliphatic rings. The molecule has 0 heterocycles. The molecule has 5 rings (SSSR count). The third kappa shape index (κ3) is 8.29. The Balaban J connectivity index is 1.31. The van der Waals surface area contributed by atoms with E-state index >= 15 is 0 Å². The van der Waals surface area contributed by atoms with Gasteiger partial charge in [-0.2, -0.15) is 0 Å². The molecule has 42 heavy (non-hydrogen) atoms. The van der Waals surface area contributed by atoms with Crippen LogP contribution in [0.3, 0.4) is 0 Å². The molecule has 218 valence electrons. The van der Waals surface area contributed by atoms with E-state index in [1.165, 1.54) is 56.4 Å². The van der Waals surface area contributed by atoms with Crippen LogP contribution in [0.4, 0.5) is 15.8 Å². The number of halogens is 1. The van der Waals surface area contributed by atoms with E-state index in [4.69, 9.17) is 9.79 Å². The van der Waals surface area contributed by atoms with Gasteiger partial charge in [0.1, 0.15) is 11.6 Å². The minimum Gasteiger partial charge on any atom is -0.404 e. The lowest BCUT2D eigenvalue weighted by molar-refractivity contribution is 0.102. The number of anilines is 2. The maximum atomic E-state index is 13.6. The second-order valence-corrected chi connectivity index (χ2v) is 11.9. The highest BCUT2D eigenvalue weighted by Gasteiger charge is 2.19. The Bertz CT molecular complexity index is 1580. The number of carbonyl (C=O) groups excluding carboxylic acids is 1. The Morgan fingerprint density at radius 2 is 1.64 bits per heavy atom. The Hall–Kier alpha value is -3.97. The second-order valence-electron chi connectivity index (χ2n) is 10.7. The Morgan fingerprint density at radius 3 is 2.38 bits per heavy atom. The van der Waals surface area contributed by atoms with Crippen molar-refractivity contribution in [1.82, 2.24) is 0 Å². The average Bonchev–Trinajstić information content (AvgIpc) is 2.96. The van der Waals surface area contributed by atoms with Gasteiger partial charge in [-0.15, -0.1) is 0 Å². The third-order valence-electron chi connectivity index (χ3n) is 7.51. The SMILES string of the molecule is O=C(Nc1cccc(OP(=O)(O)O)c1)c1ccc(NCc2ccc(-c3cccc(F)c3)cc2)c(CC2CCCCC2)c1. The lowest BCUT2D eigenvalue weighted by Gasteiger charge is -2.23. The Kier molecular flexibility index (Phi) is 9.38. The molecule has 0 spiro atoms. The molecule has 7 nitrogen and oxygen atoms in total. The van der Waals surface area contributed by atoms with E-state index in [1.54, 1.807) is 24.3 Å². The van der Waals surface area contributed by atoms with Crippen LogP contribution in [0.2, 0.25) is 0 Å². The molecular weight excluding hydrogens is 554 g/mol. The van der Waals surface area contributed by atoms with Gasteiger partial charge in [-0.05, 0) is 77.1 Å². The third-order valence-corrected chi connectivity index (χ3v) is 7.96. The molecule has 0 bridgehead atoms. The van der Waals surface area contributed by atoms with Gasteiger partial charge in [0, 0.05) is 29.5 Å². The molecule has 4 N–H and O–H groups in total. The number of hydrogen-bond donors (Lipinski definition) is 4. The van der Waals surface area contributed by atoms with Crippen LogP contribution in [0.5, 0.6) is 5.75 Å². The number of phosphoric ester groups is 1. The zero-order valence-electron chi connectivity index (χ0n) is 23.1. The molecule has 0 atom stereocenters. The summed E-state index contributed by atoms with van der Waals surface area (Å²) in [6.45, 7) is 0.596. The van der Waals surface area contributed by atoms with Crippen LogP contribution in [0.15, 0.2) is 91.0 Å². The summed E-state index contributed by atoms with van der Waals surface area (Å²) in [6, 6.07) is 26.2. The first-order valence-corrected chi connectivity index (χ1v) is 15.6. The monoisotopic (exact) mass is 588 g/mol. The largest absolute Gasteiger partial charge is 0.524 e. The van der Waals surface area contributed by atoms with E-state index in [2.05, 4.69) is 15.2 Å². The summed E-state index contributed by atoms with van der Waals surface area (Å²) in [5.74, 6) is -0.0664. The van der Waals surface area contributed by atoms with E-state index in [1.807, 2.05) is 42.5 Å². The molecule has 0 aromatic heterocycles. The van der Waals surface area contributed by atoms with E-state index < -0.39 is 7.82 Å². The summed E-state index contributed by atoms with van der Waals surface area (Å²) in [4.78, 5) is 31.3. The first kappa shape index (κ1) is 29.5. The molecule has 0 radical (unpaired) electrons. The first-order chi connectivity index (χ1) is 20.2. The molecule has 4 aromatic rings. The van der Waals surface area contributed by atoms with Crippen molar-refractivity contribution in [3.05, 3.63) is 114 Å². The fraction of sp³-hybridized carbons (Fsp3) is 0.242. The van der Waals surface area contributed by atoms with Gasteiger partial charge >= 0.3 is 7.82 Å². The van der Waals surface area contributed by atoms with Gasteiger partial charge in [-0.25, -0.2) is 8.96 Å². The number of rotatable bonds is 10. The number of phosphoric acid groups is 1. The van der Waals surface area contributed by atoms with Crippen LogP contribution in [0.1, 0.15) is 53.6 Å². The average molecular weight is 589 g/mol. The highest BCUT2D eigenvalue weighted by atomic mass is 31.2. The van der Waals surface area contributed by atoms with Gasteiger partial charge in [-0.3, -0.25) is 14.6 Å². The fourth-order valence-electron chi connectivity index (χ4n) is 5.43. The minimum atomic E-state index is -4.71. The van der Waals surface area contributed by atoms with Crippen LogP contribution in [-0.4, -0.2) is 15.7 Å². The summed E-state index contributed by atoms with van der Waals surface area (Å²) in [7, 11) is -4.71. The first-order valence-electron chi connectivity index (χ1n) is 14.1. The summed E-state index contributed by atoms with van der Waals surface area (Å²) in [5, 5.41) is 6.35. The highest BCUT2D eigenvalue weighted by Crippen LogP contribution is 2.38. The molecule has 0 unspecified atom stereocenters. The summed E-state index contributed by atoms with van der Waals surface area (Å²) >= 11 is 0. The van der Waals surface area contributed by atoms with Gasteiger partial charge in [0.2, 0.25) is 0 Å². The van der Waals surface area contributed by atoms with Crippen LogP contribution >= 0.6 is 7.82 Å². The Labute approximate surface area is 245 Å². The minimum absolute atomic E-state index is 0.0392. The van der Waals surface area contributed by atoms with Crippen LogP contribution in [-0.2, 0) is 17.5 Å². The fourth-order valence-corrected chi connectivity index (χ4v) is 5.82. The number of amides is 1. The molecule has 1 amide bonds. The van der Waals surface area contributed by atoms with Crippen molar-refractivity contribution in [2.45, 2.75) is 45.1 Å². The number of nitrogens with one attached hydrogen (secondary N) is 2. The topological polar surface area (TPSA) is 108 Å². The summed E-state index contributed by atoms with van der Waals surface area (Å²) in [5.41, 5.74) is 5.77. The van der Waals surface area contributed by atoms with Gasteiger partial charge in [0.25, 0.3) is 5.91 Å². The molecule has 0 aliphatic heterocycles. The predicted molar refractivity (Wildman–Crippen MR) is 163 cm³/mol. The lowest BCUT2D eigenvalue weighted by atomic mass is 9.84. The normalized spacial score (nSPS) is 13.9. The van der Waals surface area contributed by atoms with Crippen molar-refractivity contribution in [3.63, 3.8) is 0 Å². The van der Waals surface area contributed by atoms with Crippen LogP contribution in [0.25, 0.3) is 11.1 Å². The molecular formula is C33H34FN2O5P. The highest BCUT2D eigenvalue weighted by molar-refractivity contribution is 7.46. The van der Waals surface area contributed by atoms with Gasteiger partial charge in [-0.1, -0.05) is 74.6 Å². The smallest absolute Gasteiger partial charge is 0.404 e. The maximum Gasteiger partial charge on any atom is 0.524 e. The molecule has 0 saturated heterocycles. The van der Waals surface area contributed by atoms with E-state index in [0.29, 0.717) is 23.7 Å². The predicted octanol–water partition coefficient (Wildman–Crippen LogP) is 7.95. The van der Waals surface area contributed by atoms with Crippen molar-refractivity contribution < 1.29 is 28.1 Å². The number of benzene rings is 4. The van der Waals surface area contributed by atoms with Crippen LogP contribution < -0.4 is 15.2 Å². The van der Waals surface area contributed by atoms with Crippen molar-refractivity contribution >= 4 is 25.1 Å². The van der Waals surface area contributed by atoms with Gasteiger partial charge in [0.15, 0.2) is 0 Å². The molecule has 1 fully saturated rings. The molecule has 1 saturated carbocycles. The van der Waals surface area contributed by atoms with Crippen molar-refractivity contribution in [2.24, 2.45) is 5.92 Å².